The lowest BCUT2D eigenvalue weighted by atomic mass is 10.0. The van der Waals surface area contributed by atoms with Crippen molar-refractivity contribution in [2.45, 2.75) is 19.4 Å². The summed E-state index contributed by atoms with van der Waals surface area (Å²) in [6.45, 7) is 2.04. The van der Waals surface area contributed by atoms with Crippen LogP contribution in [0.4, 0.5) is 0 Å². The van der Waals surface area contributed by atoms with E-state index in [1.54, 1.807) is 14.2 Å². The Morgan fingerprint density at radius 1 is 1.25 bits per heavy atom. The maximum atomic E-state index is 5.72. The number of nitrogens with zero attached hydrogens (tertiary/aromatic N) is 2. The topological polar surface area (TPSA) is 82.3 Å². The van der Waals surface area contributed by atoms with Gasteiger partial charge in [-0.3, -0.25) is 5.84 Å². The second-order valence-electron chi connectivity index (χ2n) is 4.18. The number of ether oxygens (including phenoxy) is 2. The summed E-state index contributed by atoms with van der Waals surface area (Å²) in [5.41, 5.74) is 4.71. The average molecular weight is 294 g/mol. The van der Waals surface area contributed by atoms with Gasteiger partial charge >= 0.3 is 0 Å². The number of hydrazine groups is 1. The monoisotopic (exact) mass is 294 g/mol. The molecule has 0 spiro atoms. The van der Waals surface area contributed by atoms with Crippen LogP contribution in [0.2, 0.25) is 0 Å². The van der Waals surface area contributed by atoms with Gasteiger partial charge in [0.15, 0.2) is 0 Å². The lowest BCUT2D eigenvalue weighted by Crippen LogP contribution is -2.29. The first-order valence-corrected chi connectivity index (χ1v) is 7.01. The van der Waals surface area contributed by atoms with E-state index in [-0.39, 0.29) is 6.04 Å². The van der Waals surface area contributed by atoms with E-state index in [0.29, 0.717) is 0 Å². The molecular formula is C13H18N4O2S. The van der Waals surface area contributed by atoms with Gasteiger partial charge in [0.1, 0.15) is 11.5 Å². The van der Waals surface area contributed by atoms with Crippen molar-refractivity contribution in [2.75, 3.05) is 14.2 Å². The van der Waals surface area contributed by atoms with Gasteiger partial charge in [-0.1, -0.05) is 11.4 Å². The second-order valence-corrected chi connectivity index (χ2v) is 4.97. The van der Waals surface area contributed by atoms with Gasteiger partial charge in [0.25, 0.3) is 0 Å². The fourth-order valence-corrected chi connectivity index (χ4v) is 2.83. The highest BCUT2D eigenvalue weighted by Crippen LogP contribution is 2.32. The van der Waals surface area contributed by atoms with E-state index in [2.05, 4.69) is 15.0 Å². The van der Waals surface area contributed by atoms with Crippen LogP contribution in [-0.4, -0.2) is 23.8 Å². The van der Waals surface area contributed by atoms with E-state index in [0.717, 1.165) is 34.1 Å². The van der Waals surface area contributed by atoms with Crippen molar-refractivity contribution in [2.24, 2.45) is 5.84 Å². The van der Waals surface area contributed by atoms with E-state index in [1.165, 1.54) is 11.5 Å². The first-order valence-electron chi connectivity index (χ1n) is 6.23. The second kappa shape index (κ2) is 6.65. The predicted molar refractivity (Wildman–Crippen MR) is 78.0 cm³/mol. The number of methoxy groups -OCH3 is 2. The van der Waals surface area contributed by atoms with Crippen molar-refractivity contribution in [1.29, 1.82) is 0 Å². The molecule has 1 aromatic heterocycles. The molecule has 0 amide bonds. The minimum absolute atomic E-state index is 0.186. The standard InChI is InChI=1S/C13H18N4O2S/c1-4-11-13(20-17-16-11)12(15-14)8-5-9(18-2)7-10(6-8)19-3/h5-7,12,15H,4,14H2,1-3H3. The number of benzene rings is 1. The van der Waals surface area contributed by atoms with Crippen LogP contribution in [-0.2, 0) is 6.42 Å². The molecule has 7 heteroatoms. The van der Waals surface area contributed by atoms with Gasteiger partial charge in [0.2, 0.25) is 0 Å². The molecular weight excluding hydrogens is 276 g/mol. The molecule has 2 rings (SSSR count). The van der Waals surface area contributed by atoms with Gasteiger partial charge in [0.05, 0.1) is 30.8 Å². The highest BCUT2D eigenvalue weighted by molar-refractivity contribution is 7.05. The number of aryl methyl sites for hydroxylation is 1. The lowest BCUT2D eigenvalue weighted by molar-refractivity contribution is 0.392. The van der Waals surface area contributed by atoms with E-state index in [4.69, 9.17) is 15.3 Å². The van der Waals surface area contributed by atoms with Gasteiger partial charge < -0.3 is 9.47 Å². The molecule has 0 fully saturated rings. The van der Waals surface area contributed by atoms with Gasteiger partial charge in [-0.2, -0.15) is 0 Å². The molecule has 2 aromatic rings. The Morgan fingerprint density at radius 2 is 1.90 bits per heavy atom. The van der Waals surface area contributed by atoms with Crippen LogP contribution in [0.15, 0.2) is 18.2 Å². The van der Waals surface area contributed by atoms with Gasteiger partial charge in [0, 0.05) is 6.07 Å². The molecule has 0 saturated heterocycles. The maximum Gasteiger partial charge on any atom is 0.122 e. The number of nitrogens with two attached hydrogens (primary N) is 1. The van der Waals surface area contributed by atoms with Crippen LogP contribution in [0.25, 0.3) is 0 Å². The summed E-state index contributed by atoms with van der Waals surface area (Å²) in [5, 5.41) is 4.12. The molecule has 0 radical (unpaired) electrons. The summed E-state index contributed by atoms with van der Waals surface area (Å²) in [4.78, 5) is 1.00. The number of rotatable bonds is 6. The fourth-order valence-electron chi connectivity index (χ4n) is 2.00. The molecule has 0 bridgehead atoms. The summed E-state index contributed by atoms with van der Waals surface area (Å²) >= 11 is 1.34. The third kappa shape index (κ3) is 2.90. The van der Waals surface area contributed by atoms with E-state index in [1.807, 2.05) is 25.1 Å². The molecule has 1 aromatic carbocycles. The molecule has 0 aliphatic rings. The number of aromatic nitrogens is 2. The van der Waals surface area contributed by atoms with Crippen LogP contribution < -0.4 is 20.7 Å². The smallest absolute Gasteiger partial charge is 0.122 e. The SMILES string of the molecule is CCc1nnsc1C(NN)c1cc(OC)cc(OC)c1. The maximum absolute atomic E-state index is 5.72. The normalized spacial score (nSPS) is 12.2. The van der Waals surface area contributed by atoms with Crippen LogP contribution in [0.5, 0.6) is 11.5 Å². The zero-order chi connectivity index (χ0) is 14.5. The predicted octanol–water partition coefficient (Wildman–Crippen LogP) is 1.67. The van der Waals surface area contributed by atoms with Gasteiger partial charge in [-0.15, -0.1) is 5.10 Å². The summed E-state index contributed by atoms with van der Waals surface area (Å²) in [5.74, 6) is 7.16. The quantitative estimate of drug-likeness (QED) is 0.623. The minimum Gasteiger partial charge on any atom is -0.497 e. The van der Waals surface area contributed by atoms with Crippen LogP contribution in [0.1, 0.15) is 29.1 Å². The molecule has 0 saturated carbocycles. The molecule has 1 unspecified atom stereocenters. The molecule has 1 atom stereocenters. The Balaban J connectivity index is 2.46. The van der Waals surface area contributed by atoms with Crippen LogP contribution in [0, 0.1) is 0 Å². The minimum atomic E-state index is -0.186. The molecule has 0 aliphatic carbocycles. The van der Waals surface area contributed by atoms with Crippen molar-refractivity contribution in [3.63, 3.8) is 0 Å². The third-order valence-electron chi connectivity index (χ3n) is 3.06. The van der Waals surface area contributed by atoms with Crippen LogP contribution >= 0.6 is 11.5 Å². The molecule has 0 aliphatic heterocycles. The zero-order valence-corrected chi connectivity index (χ0v) is 12.5. The fraction of sp³-hybridized carbons (Fsp3) is 0.385. The van der Waals surface area contributed by atoms with E-state index < -0.39 is 0 Å². The van der Waals surface area contributed by atoms with Crippen molar-refractivity contribution < 1.29 is 9.47 Å². The highest BCUT2D eigenvalue weighted by atomic mass is 32.1. The average Bonchev–Trinajstić information content (AvgIpc) is 2.96. The summed E-state index contributed by atoms with van der Waals surface area (Å²) in [6.07, 6.45) is 0.811. The molecule has 20 heavy (non-hydrogen) atoms. The first kappa shape index (κ1) is 14.7. The summed E-state index contributed by atoms with van der Waals surface area (Å²) in [7, 11) is 3.24. The van der Waals surface area contributed by atoms with Crippen molar-refractivity contribution in [3.8, 4) is 11.5 Å². The summed E-state index contributed by atoms with van der Waals surface area (Å²) in [6, 6.07) is 5.48. The first-order chi connectivity index (χ1) is 9.73. The molecule has 3 N–H and O–H groups in total. The van der Waals surface area contributed by atoms with Crippen LogP contribution in [0.3, 0.4) is 0 Å². The van der Waals surface area contributed by atoms with Crippen molar-refractivity contribution >= 4 is 11.5 Å². The summed E-state index contributed by atoms with van der Waals surface area (Å²) < 4.78 is 14.6. The van der Waals surface area contributed by atoms with Gasteiger partial charge in [-0.05, 0) is 35.6 Å². The number of hydrogen-bond acceptors (Lipinski definition) is 7. The molecule has 1 heterocycles. The van der Waals surface area contributed by atoms with Crippen molar-refractivity contribution in [1.82, 2.24) is 15.0 Å². The molecule has 6 nitrogen and oxygen atoms in total. The number of nitrogens with one attached hydrogen (secondary N) is 1. The van der Waals surface area contributed by atoms with E-state index in [9.17, 15) is 0 Å². The Bertz CT molecular complexity index is 551. The number of hydrogen-bond donors (Lipinski definition) is 2. The highest BCUT2D eigenvalue weighted by Gasteiger charge is 2.20. The Labute approximate surface area is 122 Å². The largest absolute Gasteiger partial charge is 0.497 e. The van der Waals surface area contributed by atoms with Crippen molar-refractivity contribution in [3.05, 3.63) is 34.3 Å². The zero-order valence-electron chi connectivity index (χ0n) is 11.7. The van der Waals surface area contributed by atoms with Gasteiger partial charge in [-0.25, -0.2) is 5.43 Å². The lowest BCUT2D eigenvalue weighted by Gasteiger charge is -2.17. The Morgan fingerprint density at radius 3 is 2.40 bits per heavy atom. The Hall–Kier alpha value is -1.70. The van der Waals surface area contributed by atoms with E-state index >= 15 is 0 Å². The molecule has 108 valence electrons. The third-order valence-corrected chi connectivity index (χ3v) is 3.89. The Kier molecular flexibility index (Phi) is 4.89.